The van der Waals surface area contributed by atoms with Gasteiger partial charge in [-0.1, -0.05) is 42.5 Å². The average molecular weight is 454 g/mol. The smallest absolute Gasteiger partial charge is 0.341 e. The molecule has 0 saturated heterocycles. The van der Waals surface area contributed by atoms with Gasteiger partial charge in [-0.2, -0.15) is 0 Å². The molecule has 0 aliphatic heterocycles. The second-order valence-corrected chi connectivity index (χ2v) is 7.85. The summed E-state index contributed by atoms with van der Waals surface area (Å²) in [5, 5.41) is 12.1. The summed E-state index contributed by atoms with van der Waals surface area (Å²) in [5.41, 5.74) is 2.83. The number of carbonyl (C=O) groups excluding carboxylic acids is 3. The molecule has 7 nitrogen and oxygen atoms in total. The number of nitrogens with one attached hydrogen (secondary N) is 1. The molecule has 2 N–H and O–H groups in total. The van der Waals surface area contributed by atoms with E-state index in [1.54, 1.807) is 26.0 Å². The van der Waals surface area contributed by atoms with Gasteiger partial charge in [-0.05, 0) is 42.7 Å². The molecule has 3 rings (SSSR count). The maximum Gasteiger partial charge on any atom is 0.341 e. The molecule has 0 fully saturated rings. The Balaban J connectivity index is 1.75. The lowest BCUT2D eigenvalue weighted by Crippen LogP contribution is -2.21. The minimum Gasteiger partial charge on any atom is -0.462 e. The molecule has 32 heavy (non-hydrogen) atoms. The van der Waals surface area contributed by atoms with Crippen molar-refractivity contribution in [1.29, 1.82) is 0 Å². The average Bonchev–Trinajstić information content (AvgIpc) is 3.13. The number of aliphatic hydroxyl groups excluding tert-OH is 1. The number of benzene rings is 2. The van der Waals surface area contributed by atoms with Crippen LogP contribution in [0.25, 0.3) is 10.4 Å². The van der Waals surface area contributed by atoms with Crippen LogP contribution in [-0.2, 0) is 20.9 Å². The number of ether oxygens (including phenoxy) is 2. The highest BCUT2D eigenvalue weighted by Gasteiger charge is 2.24. The Kier molecular flexibility index (Phi) is 7.75. The van der Waals surface area contributed by atoms with Crippen molar-refractivity contribution >= 4 is 34.2 Å². The highest BCUT2D eigenvalue weighted by molar-refractivity contribution is 7.20. The molecule has 8 heteroatoms. The summed E-state index contributed by atoms with van der Waals surface area (Å²) in [5.74, 6) is -1.76. The Labute approximate surface area is 189 Å². The maximum atomic E-state index is 12.5. The molecule has 166 valence electrons. The van der Waals surface area contributed by atoms with E-state index in [1.807, 2.05) is 30.3 Å². The fourth-order valence-corrected chi connectivity index (χ4v) is 4.26. The molecule has 0 atom stereocenters. The first-order valence-corrected chi connectivity index (χ1v) is 10.8. The molecule has 2 aromatic carbocycles. The van der Waals surface area contributed by atoms with Gasteiger partial charge in [-0.3, -0.25) is 4.79 Å². The van der Waals surface area contributed by atoms with E-state index in [4.69, 9.17) is 14.6 Å². The first kappa shape index (κ1) is 23.2. The standard InChI is InChI=1S/C24H23NO6S/c1-3-30-24(29)20-15(2)21(17-7-5-4-6-8-17)32-22(20)25-19(27)14-31-23(28)18-11-9-16(13-26)10-12-18/h4-12,26H,3,13-14H2,1-2H3,(H,25,27). The van der Waals surface area contributed by atoms with Crippen LogP contribution < -0.4 is 5.32 Å². The number of hydrogen-bond acceptors (Lipinski definition) is 7. The fourth-order valence-electron chi connectivity index (χ4n) is 3.04. The Morgan fingerprint density at radius 2 is 1.66 bits per heavy atom. The molecule has 1 heterocycles. The van der Waals surface area contributed by atoms with E-state index in [2.05, 4.69) is 5.32 Å². The van der Waals surface area contributed by atoms with Crippen LogP contribution in [0.1, 0.15) is 38.8 Å². The Hall–Kier alpha value is -3.49. The van der Waals surface area contributed by atoms with E-state index < -0.39 is 24.5 Å². The third-order valence-electron chi connectivity index (χ3n) is 4.62. The first-order valence-electron chi connectivity index (χ1n) is 9.97. The van der Waals surface area contributed by atoms with Crippen LogP contribution in [-0.4, -0.2) is 36.2 Å². The summed E-state index contributed by atoms with van der Waals surface area (Å²) >= 11 is 1.26. The summed E-state index contributed by atoms with van der Waals surface area (Å²) in [6, 6.07) is 15.7. The highest BCUT2D eigenvalue weighted by Crippen LogP contribution is 2.40. The molecule has 0 aliphatic rings. The molecular formula is C24H23NO6S. The zero-order chi connectivity index (χ0) is 23.1. The normalized spacial score (nSPS) is 10.5. The van der Waals surface area contributed by atoms with Crippen LogP contribution in [0.3, 0.4) is 0 Å². The minimum atomic E-state index is -0.664. The number of thiophene rings is 1. The van der Waals surface area contributed by atoms with E-state index in [-0.39, 0.29) is 24.3 Å². The summed E-state index contributed by atoms with van der Waals surface area (Å²) < 4.78 is 10.2. The Bertz CT molecular complexity index is 1110. The predicted octanol–water partition coefficient (Wildman–Crippen LogP) is 4.19. The number of rotatable bonds is 8. The van der Waals surface area contributed by atoms with Crippen molar-refractivity contribution in [2.24, 2.45) is 0 Å². The third kappa shape index (κ3) is 5.40. The molecule has 0 bridgehead atoms. The molecule has 0 unspecified atom stereocenters. The molecule has 0 aliphatic carbocycles. The van der Waals surface area contributed by atoms with Crippen LogP contribution in [0.15, 0.2) is 54.6 Å². The third-order valence-corrected chi connectivity index (χ3v) is 5.88. The zero-order valence-corrected chi connectivity index (χ0v) is 18.5. The quantitative estimate of drug-likeness (QED) is 0.496. The lowest BCUT2D eigenvalue weighted by atomic mass is 10.1. The van der Waals surface area contributed by atoms with Crippen molar-refractivity contribution in [3.05, 3.63) is 76.9 Å². The largest absolute Gasteiger partial charge is 0.462 e. The van der Waals surface area contributed by atoms with Gasteiger partial charge in [0.25, 0.3) is 5.91 Å². The van der Waals surface area contributed by atoms with Crippen molar-refractivity contribution in [1.82, 2.24) is 0 Å². The summed E-state index contributed by atoms with van der Waals surface area (Å²) in [4.78, 5) is 38.0. The number of hydrogen-bond donors (Lipinski definition) is 2. The van der Waals surface area contributed by atoms with E-state index in [0.29, 0.717) is 16.1 Å². The Morgan fingerprint density at radius 1 is 0.969 bits per heavy atom. The van der Waals surface area contributed by atoms with Gasteiger partial charge in [0.1, 0.15) is 5.00 Å². The van der Waals surface area contributed by atoms with Crippen LogP contribution >= 0.6 is 11.3 Å². The predicted molar refractivity (Wildman–Crippen MR) is 122 cm³/mol. The van der Waals surface area contributed by atoms with Gasteiger partial charge < -0.3 is 19.9 Å². The Morgan fingerprint density at radius 3 is 2.28 bits per heavy atom. The van der Waals surface area contributed by atoms with Crippen molar-refractivity contribution in [2.75, 3.05) is 18.5 Å². The highest BCUT2D eigenvalue weighted by atomic mass is 32.1. The monoisotopic (exact) mass is 453 g/mol. The van der Waals surface area contributed by atoms with Gasteiger partial charge in [0.2, 0.25) is 0 Å². The number of carbonyl (C=O) groups is 3. The molecule has 0 spiro atoms. The van der Waals surface area contributed by atoms with E-state index in [1.165, 1.54) is 23.5 Å². The number of amides is 1. The minimum absolute atomic E-state index is 0.133. The van der Waals surface area contributed by atoms with Gasteiger partial charge in [0, 0.05) is 4.88 Å². The van der Waals surface area contributed by atoms with Crippen LogP contribution in [0.2, 0.25) is 0 Å². The number of anilines is 1. The summed E-state index contributed by atoms with van der Waals surface area (Å²) in [7, 11) is 0. The second kappa shape index (κ2) is 10.7. The number of aliphatic hydroxyl groups is 1. The van der Waals surface area contributed by atoms with Crippen molar-refractivity contribution < 1.29 is 29.0 Å². The fraction of sp³-hybridized carbons (Fsp3) is 0.208. The van der Waals surface area contributed by atoms with Crippen molar-refractivity contribution in [2.45, 2.75) is 20.5 Å². The van der Waals surface area contributed by atoms with Crippen molar-refractivity contribution in [3.8, 4) is 10.4 Å². The molecule has 0 saturated carbocycles. The molecule has 3 aromatic rings. The zero-order valence-electron chi connectivity index (χ0n) is 17.7. The lowest BCUT2D eigenvalue weighted by Gasteiger charge is -2.08. The van der Waals surface area contributed by atoms with Gasteiger partial charge in [-0.15, -0.1) is 11.3 Å². The van der Waals surface area contributed by atoms with Crippen LogP contribution in [0.4, 0.5) is 5.00 Å². The molecular weight excluding hydrogens is 430 g/mol. The van der Waals surface area contributed by atoms with E-state index >= 15 is 0 Å². The lowest BCUT2D eigenvalue weighted by molar-refractivity contribution is -0.119. The van der Waals surface area contributed by atoms with Crippen LogP contribution in [0, 0.1) is 6.92 Å². The topological polar surface area (TPSA) is 102 Å². The van der Waals surface area contributed by atoms with E-state index in [0.717, 1.165) is 10.4 Å². The maximum absolute atomic E-state index is 12.5. The second-order valence-electron chi connectivity index (χ2n) is 6.83. The van der Waals surface area contributed by atoms with Gasteiger partial charge in [0.15, 0.2) is 6.61 Å². The SMILES string of the molecule is CCOC(=O)c1c(NC(=O)COC(=O)c2ccc(CO)cc2)sc(-c2ccccc2)c1C. The van der Waals surface area contributed by atoms with Gasteiger partial charge >= 0.3 is 11.9 Å². The molecule has 1 amide bonds. The van der Waals surface area contributed by atoms with Gasteiger partial charge in [-0.25, -0.2) is 9.59 Å². The first-order chi connectivity index (χ1) is 15.4. The molecule has 0 radical (unpaired) electrons. The van der Waals surface area contributed by atoms with Gasteiger partial charge in [0.05, 0.1) is 24.3 Å². The number of esters is 2. The van der Waals surface area contributed by atoms with E-state index in [9.17, 15) is 14.4 Å². The summed E-state index contributed by atoms with van der Waals surface area (Å²) in [6.07, 6.45) is 0. The van der Waals surface area contributed by atoms with Crippen molar-refractivity contribution in [3.63, 3.8) is 0 Å². The van der Waals surface area contributed by atoms with Crippen LogP contribution in [0.5, 0.6) is 0 Å². The molecule has 1 aromatic heterocycles. The summed E-state index contributed by atoms with van der Waals surface area (Å²) in [6.45, 7) is 3.07.